The van der Waals surface area contributed by atoms with Crippen LogP contribution in [-0.4, -0.2) is 5.97 Å². The smallest absolute Gasteiger partial charge is 0.338 e. The number of ether oxygens (including phenoxy) is 1. The third-order valence-corrected chi connectivity index (χ3v) is 2.86. The Balaban J connectivity index is 3.05. The monoisotopic (exact) mass is 332 g/mol. The average Bonchev–Trinajstić information content (AvgIpc) is 2.10. The van der Waals surface area contributed by atoms with Gasteiger partial charge < -0.3 is 4.74 Å². The molecular formula is C11H10Br2O2. The number of hydrogen-bond acceptors (Lipinski definition) is 2. The molecule has 15 heavy (non-hydrogen) atoms. The van der Waals surface area contributed by atoms with E-state index >= 15 is 0 Å². The Bertz CT molecular complexity index is 402. The van der Waals surface area contributed by atoms with Gasteiger partial charge in [-0.1, -0.05) is 6.58 Å². The summed E-state index contributed by atoms with van der Waals surface area (Å²) in [6.45, 7) is 7.09. The lowest BCUT2D eigenvalue weighted by molar-refractivity contribution is -0.130. The largest absolute Gasteiger partial charge is 0.421 e. The second-order valence-corrected chi connectivity index (χ2v) is 4.94. The van der Waals surface area contributed by atoms with Gasteiger partial charge in [-0.25, -0.2) is 4.79 Å². The minimum Gasteiger partial charge on any atom is -0.421 e. The molecular weight excluding hydrogens is 324 g/mol. The van der Waals surface area contributed by atoms with Crippen molar-refractivity contribution < 1.29 is 9.53 Å². The SMILES string of the molecule is C=C(C)C(=O)Oc1c(Br)cc(C)cc1Br. The van der Waals surface area contributed by atoms with Crippen LogP contribution in [0.2, 0.25) is 0 Å². The highest BCUT2D eigenvalue weighted by atomic mass is 79.9. The molecule has 0 aliphatic heterocycles. The number of halogens is 2. The minimum atomic E-state index is -0.430. The van der Waals surface area contributed by atoms with Gasteiger partial charge in [-0.15, -0.1) is 0 Å². The van der Waals surface area contributed by atoms with E-state index in [2.05, 4.69) is 38.4 Å². The Labute approximate surface area is 106 Å². The third kappa shape index (κ3) is 3.18. The summed E-state index contributed by atoms with van der Waals surface area (Å²) in [5.41, 5.74) is 1.44. The molecule has 0 aliphatic rings. The first-order valence-electron chi connectivity index (χ1n) is 4.25. The Kier molecular flexibility index (Phi) is 4.11. The minimum absolute atomic E-state index is 0.370. The molecule has 0 saturated carbocycles. The van der Waals surface area contributed by atoms with Crippen LogP contribution in [0.3, 0.4) is 0 Å². The van der Waals surface area contributed by atoms with Crippen molar-refractivity contribution in [1.82, 2.24) is 0 Å². The topological polar surface area (TPSA) is 26.3 Å². The van der Waals surface area contributed by atoms with Gasteiger partial charge in [0.1, 0.15) is 0 Å². The molecule has 0 heterocycles. The summed E-state index contributed by atoms with van der Waals surface area (Å²) in [7, 11) is 0. The van der Waals surface area contributed by atoms with Crippen LogP contribution in [0.4, 0.5) is 0 Å². The Morgan fingerprint density at radius 2 is 1.80 bits per heavy atom. The van der Waals surface area contributed by atoms with Gasteiger partial charge in [0.25, 0.3) is 0 Å². The number of esters is 1. The van der Waals surface area contributed by atoms with Gasteiger partial charge in [0.05, 0.1) is 8.95 Å². The zero-order chi connectivity index (χ0) is 11.6. The molecule has 0 fully saturated rings. The summed E-state index contributed by atoms with van der Waals surface area (Å²) in [5, 5.41) is 0. The second kappa shape index (κ2) is 4.94. The lowest BCUT2D eigenvalue weighted by Crippen LogP contribution is -2.09. The molecule has 80 valence electrons. The van der Waals surface area contributed by atoms with Crippen LogP contribution in [0.1, 0.15) is 12.5 Å². The number of rotatable bonds is 2. The van der Waals surface area contributed by atoms with Crippen molar-refractivity contribution in [2.24, 2.45) is 0 Å². The van der Waals surface area contributed by atoms with E-state index < -0.39 is 5.97 Å². The predicted molar refractivity (Wildman–Crippen MR) is 67.0 cm³/mol. The summed E-state index contributed by atoms with van der Waals surface area (Å²) in [6, 6.07) is 3.76. The number of benzene rings is 1. The highest BCUT2D eigenvalue weighted by molar-refractivity contribution is 9.11. The molecule has 2 nitrogen and oxygen atoms in total. The summed E-state index contributed by atoms with van der Waals surface area (Å²) in [6.07, 6.45) is 0. The van der Waals surface area contributed by atoms with E-state index in [0.717, 1.165) is 14.5 Å². The quantitative estimate of drug-likeness (QED) is 0.464. The maximum atomic E-state index is 11.3. The zero-order valence-electron chi connectivity index (χ0n) is 8.43. The maximum Gasteiger partial charge on any atom is 0.338 e. The van der Waals surface area contributed by atoms with Gasteiger partial charge in [0.15, 0.2) is 5.75 Å². The van der Waals surface area contributed by atoms with Gasteiger partial charge in [0.2, 0.25) is 0 Å². The number of aryl methyl sites for hydroxylation is 1. The summed E-state index contributed by atoms with van der Waals surface area (Å²) in [5.74, 6) is 0.0499. The fourth-order valence-corrected chi connectivity index (χ4v) is 2.54. The molecule has 0 N–H and O–H groups in total. The zero-order valence-corrected chi connectivity index (χ0v) is 11.6. The van der Waals surface area contributed by atoms with E-state index in [-0.39, 0.29) is 0 Å². The molecule has 0 unspecified atom stereocenters. The molecule has 0 amide bonds. The van der Waals surface area contributed by atoms with Gasteiger partial charge in [0, 0.05) is 5.57 Å². The van der Waals surface area contributed by atoms with Crippen molar-refractivity contribution in [2.75, 3.05) is 0 Å². The predicted octanol–water partition coefficient (Wildman–Crippen LogP) is 4.00. The number of hydrogen-bond donors (Lipinski definition) is 0. The van der Waals surface area contributed by atoms with Crippen LogP contribution in [0, 0.1) is 6.92 Å². The molecule has 1 rings (SSSR count). The van der Waals surface area contributed by atoms with Crippen molar-refractivity contribution in [1.29, 1.82) is 0 Å². The molecule has 0 bridgehead atoms. The Morgan fingerprint density at radius 1 is 1.33 bits per heavy atom. The molecule has 0 aliphatic carbocycles. The second-order valence-electron chi connectivity index (χ2n) is 3.23. The van der Waals surface area contributed by atoms with Crippen LogP contribution < -0.4 is 4.74 Å². The molecule has 0 spiro atoms. The first kappa shape index (κ1) is 12.5. The van der Waals surface area contributed by atoms with Crippen molar-refractivity contribution in [3.8, 4) is 5.75 Å². The van der Waals surface area contributed by atoms with Crippen molar-refractivity contribution >= 4 is 37.8 Å². The first-order valence-corrected chi connectivity index (χ1v) is 5.83. The average molecular weight is 334 g/mol. The molecule has 1 aromatic carbocycles. The molecule has 0 atom stereocenters. The third-order valence-electron chi connectivity index (χ3n) is 1.69. The Hall–Kier alpha value is -0.610. The van der Waals surface area contributed by atoms with E-state index in [1.54, 1.807) is 6.92 Å². The summed E-state index contributed by atoms with van der Waals surface area (Å²) >= 11 is 6.68. The van der Waals surface area contributed by atoms with Crippen LogP contribution in [-0.2, 0) is 4.79 Å². The van der Waals surface area contributed by atoms with Crippen molar-refractivity contribution in [2.45, 2.75) is 13.8 Å². The standard InChI is InChI=1S/C11H10Br2O2/c1-6(2)11(14)15-10-8(12)4-7(3)5-9(10)13/h4-5H,1H2,2-3H3. The summed E-state index contributed by atoms with van der Waals surface area (Å²) < 4.78 is 6.64. The lowest BCUT2D eigenvalue weighted by atomic mass is 10.2. The molecule has 4 heteroatoms. The number of carbonyl (C=O) groups excluding carboxylic acids is 1. The molecule has 0 aromatic heterocycles. The molecule has 0 radical (unpaired) electrons. The van der Waals surface area contributed by atoms with E-state index in [1.807, 2.05) is 19.1 Å². The number of carbonyl (C=O) groups is 1. The van der Waals surface area contributed by atoms with E-state index in [1.165, 1.54) is 0 Å². The molecule has 0 saturated heterocycles. The van der Waals surface area contributed by atoms with Gasteiger partial charge in [-0.3, -0.25) is 0 Å². The van der Waals surface area contributed by atoms with Gasteiger partial charge in [-0.05, 0) is 63.4 Å². The summed E-state index contributed by atoms with van der Waals surface area (Å²) in [4.78, 5) is 11.3. The van der Waals surface area contributed by atoms with Crippen LogP contribution in [0.25, 0.3) is 0 Å². The highest BCUT2D eigenvalue weighted by Gasteiger charge is 2.12. The molecule has 1 aromatic rings. The van der Waals surface area contributed by atoms with Crippen LogP contribution >= 0.6 is 31.9 Å². The van der Waals surface area contributed by atoms with Crippen LogP contribution in [0.15, 0.2) is 33.2 Å². The fourth-order valence-electron chi connectivity index (χ4n) is 0.964. The van der Waals surface area contributed by atoms with Crippen molar-refractivity contribution in [3.63, 3.8) is 0 Å². The van der Waals surface area contributed by atoms with Gasteiger partial charge >= 0.3 is 5.97 Å². The van der Waals surface area contributed by atoms with E-state index in [9.17, 15) is 4.79 Å². The maximum absolute atomic E-state index is 11.3. The van der Waals surface area contributed by atoms with E-state index in [0.29, 0.717) is 11.3 Å². The van der Waals surface area contributed by atoms with E-state index in [4.69, 9.17) is 4.74 Å². The highest BCUT2D eigenvalue weighted by Crippen LogP contribution is 2.34. The first-order chi connectivity index (χ1) is 6.91. The van der Waals surface area contributed by atoms with Gasteiger partial charge in [-0.2, -0.15) is 0 Å². The fraction of sp³-hybridized carbons (Fsp3) is 0.182. The Morgan fingerprint density at radius 3 is 2.20 bits per heavy atom. The normalized spacial score (nSPS) is 9.87. The van der Waals surface area contributed by atoms with Crippen molar-refractivity contribution in [3.05, 3.63) is 38.8 Å². The lowest BCUT2D eigenvalue weighted by Gasteiger charge is -2.09. The van der Waals surface area contributed by atoms with Crippen LogP contribution in [0.5, 0.6) is 5.75 Å².